The molecule has 2 unspecified atom stereocenters. The maximum atomic E-state index is 15.1. The number of nitrogens with zero attached hydrogens (tertiary/aromatic N) is 3. The second-order valence-corrected chi connectivity index (χ2v) is 10.2. The van der Waals surface area contributed by atoms with E-state index in [9.17, 15) is 18.0 Å². The summed E-state index contributed by atoms with van der Waals surface area (Å²) in [5.41, 5.74) is -1.82. The second kappa shape index (κ2) is 13.5. The van der Waals surface area contributed by atoms with Crippen molar-refractivity contribution < 1.29 is 31.8 Å². The summed E-state index contributed by atoms with van der Waals surface area (Å²) in [6.45, 7) is 4.08. The van der Waals surface area contributed by atoms with Crippen LogP contribution in [0.15, 0.2) is 77.3 Å². The molecule has 2 aromatic rings. The van der Waals surface area contributed by atoms with Gasteiger partial charge in [-0.05, 0) is 55.9 Å². The normalized spacial score (nSPS) is 21.8. The van der Waals surface area contributed by atoms with Gasteiger partial charge in [0.15, 0.2) is 11.7 Å². The second-order valence-electron chi connectivity index (χ2n) is 8.88. The highest BCUT2D eigenvalue weighted by molar-refractivity contribution is 7.80. The van der Waals surface area contributed by atoms with Crippen molar-refractivity contribution in [3.8, 4) is 5.88 Å². The molecule has 0 fully saturated rings. The lowest BCUT2D eigenvalue weighted by molar-refractivity contribution is -0.149. The Hall–Kier alpha value is -3.42. The number of carbonyl (C=O) groups is 1. The van der Waals surface area contributed by atoms with Crippen LogP contribution in [0.25, 0.3) is 0 Å². The smallest absolute Gasteiger partial charge is 0.431 e. The predicted molar refractivity (Wildman–Crippen MR) is 154 cm³/mol. The van der Waals surface area contributed by atoms with E-state index in [0.29, 0.717) is 29.2 Å². The maximum Gasteiger partial charge on any atom is 0.431 e. The standard InChI is InChI=1S/C14H14N2O2S.C13H11ClF4N2OS/c1-11-5-4-8-16-14(11)18-10-13(19)17-9-12-6-2-3-7-15-12;1-6-3-8-12(15,5-7(6)14)11(21)20(2)9(13(16,17)18)4-10(22)19-8/h2-8H,9-10H2,1H3;3-5,8H,1-2H3,(H,19,22)/b;9-4-. The average Bonchev–Trinajstić information content (AvgIpc) is 2.92. The number of fused-ring (bicyclic) bond motifs is 1. The zero-order valence-electron chi connectivity index (χ0n) is 22.0. The van der Waals surface area contributed by atoms with Gasteiger partial charge in [0, 0.05) is 36.1 Å². The van der Waals surface area contributed by atoms with Crippen LogP contribution in [0.1, 0.15) is 18.2 Å². The van der Waals surface area contributed by atoms with Crippen LogP contribution < -0.4 is 10.1 Å². The van der Waals surface area contributed by atoms with Crippen molar-refractivity contribution in [3.05, 3.63) is 88.5 Å². The minimum Gasteiger partial charge on any atom is -0.477 e. The summed E-state index contributed by atoms with van der Waals surface area (Å²) in [5.74, 6) is -0.802. The lowest BCUT2D eigenvalue weighted by Crippen LogP contribution is -2.59. The Morgan fingerprint density at radius 3 is 2.54 bits per heavy atom. The lowest BCUT2D eigenvalue weighted by atomic mass is 9.87. The first-order chi connectivity index (χ1) is 19.2. The number of aryl methyl sites for hydroxylation is 1. The molecule has 7 nitrogen and oxygen atoms in total. The van der Waals surface area contributed by atoms with E-state index in [0.717, 1.165) is 24.4 Å². The number of aromatic nitrogens is 2. The number of nitrogens with one attached hydrogen (secondary N) is 1. The Balaban J connectivity index is 0.000000228. The van der Waals surface area contributed by atoms with Crippen LogP contribution in [0.4, 0.5) is 17.6 Å². The Morgan fingerprint density at radius 1 is 1.20 bits per heavy atom. The first-order valence-corrected chi connectivity index (χ1v) is 13.2. The topological polar surface area (TPSA) is 76.6 Å². The fourth-order valence-electron chi connectivity index (χ4n) is 3.66. The molecule has 0 radical (unpaired) electrons. The Labute approximate surface area is 249 Å². The van der Waals surface area contributed by atoms with Crippen LogP contribution in [0.2, 0.25) is 0 Å². The number of halogens is 5. The lowest BCUT2D eigenvalue weighted by Gasteiger charge is -2.38. The highest BCUT2D eigenvalue weighted by Gasteiger charge is 2.52. The summed E-state index contributed by atoms with van der Waals surface area (Å²) in [7, 11) is 0.848. The molecule has 14 heteroatoms. The third kappa shape index (κ3) is 8.30. The zero-order valence-corrected chi connectivity index (χ0v) is 24.4. The van der Waals surface area contributed by atoms with Crippen LogP contribution >= 0.6 is 36.0 Å². The quantitative estimate of drug-likeness (QED) is 0.335. The summed E-state index contributed by atoms with van der Waals surface area (Å²) in [4.78, 5) is 20.4. The first-order valence-electron chi connectivity index (χ1n) is 12.0. The van der Waals surface area contributed by atoms with Gasteiger partial charge < -0.3 is 19.7 Å². The molecule has 1 amide bonds. The van der Waals surface area contributed by atoms with E-state index in [1.807, 2.05) is 37.3 Å². The molecule has 0 spiro atoms. The molecule has 1 N–H and O–H groups in total. The van der Waals surface area contributed by atoms with Gasteiger partial charge in [-0.1, -0.05) is 42.0 Å². The highest BCUT2D eigenvalue weighted by atomic mass is 35.5. The number of ether oxygens (including phenoxy) is 2. The summed E-state index contributed by atoms with van der Waals surface area (Å²) >= 11 is 15.7. The molecule has 218 valence electrons. The molecule has 1 aliphatic carbocycles. The number of carbonyl (C=O) groups excluding carboxylic acids is 1. The third-order valence-corrected chi connectivity index (χ3v) is 6.71. The van der Waals surface area contributed by atoms with Crippen molar-refractivity contribution in [2.75, 3.05) is 13.7 Å². The molecule has 4 rings (SSSR count). The van der Waals surface area contributed by atoms with E-state index >= 15 is 4.39 Å². The number of thiocarbonyl (C=S) groups is 2. The third-order valence-electron chi connectivity index (χ3n) is 5.83. The van der Waals surface area contributed by atoms with Crippen LogP contribution in [-0.4, -0.2) is 62.4 Å². The molecule has 41 heavy (non-hydrogen) atoms. The van der Waals surface area contributed by atoms with Crippen molar-refractivity contribution in [1.82, 2.24) is 20.2 Å². The van der Waals surface area contributed by atoms with Crippen LogP contribution in [0.3, 0.4) is 0 Å². The number of hydrogen-bond acceptors (Lipinski definition) is 7. The highest BCUT2D eigenvalue weighted by Crippen LogP contribution is 2.37. The van der Waals surface area contributed by atoms with Gasteiger partial charge in [0.25, 0.3) is 5.91 Å². The SMILES string of the molecule is CC1=CC2NC(=S)/C=C(/C(F)(F)F)N(C)C(=O)C2(F)C=C1Cl.Cc1cccnc1OCC(=S)OCc1ccccn1. The molecule has 0 bridgehead atoms. The van der Waals surface area contributed by atoms with Gasteiger partial charge in [0.2, 0.25) is 11.5 Å². The van der Waals surface area contributed by atoms with Gasteiger partial charge in [0.05, 0.1) is 11.7 Å². The number of allylic oxidation sites excluding steroid dienone is 3. The molecule has 2 atom stereocenters. The Morgan fingerprint density at radius 2 is 1.90 bits per heavy atom. The van der Waals surface area contributed by atoms with Crippen molar-refractivity contribution >= 4 is 52.0 Å². The van der Waals surface area contributed by atoms with Crippen LogP contribution in [-0.2, 0) is 16.1 Å². The average molecular weight is 629 g/mol. The van der Waals surface area contributed by atoms with E-state index in [2.05, 4.69) is 15.3 Å². The van der Waals surface area contributed by atoms with Gasteiger partial charge >= 0.3 is 6.18 Å². The van der Waals surface area contributed by atoms with Crippen LogP contribution in [0.5, 0.6) is 5.88 Å². The van der Waals surface area contributed by atoms with Crippen molar-refractivity contribution in [2.45, 2.75) is 38.3 Å². The largest absolute Gasteiger partial charge is 0.477 e. The summed E-state index contributed by atoms with van der Waals surface area (Å²) in [6, 6.07) is 8.20. The number of rotatable bonds is 5. The molecule has 0 saturated carbocycles. The van der Waals surface area contributed by atoms with Gasteiger partial charge in [0.1, 0.15) is 17.3 Å². The van der Waals surface area contributed by atoms with Gasteiger partial charge in [-0.2, -0.15) is 13.2 Å². The number of amides is 1. The molecule has 2 aliphatic rings. The van der Waals surface area contributed by atoms with E-state index in [-0.39, 0.29) is 21.5 Å². The minimum absolute atomic E-state index is 0.0358. The van der Waals surface area contributed by atoms with Crippen molar-refractivity contribution in [2.24, 2.45) is 0 Å². The van der Waals surface area contributed by atoms with Crippen LogP contribution in [0, 0.1) is 6.92 Å². The van der Waals surface area contributed by atoms with E-state index in [1.54, 1.807) is 19.3 Å². The predicted octanol–water partition coefficient (Wildman–Crippen LogP) is 5.69. The zero-order chi connectivity index (χ0) is 30.4. The first kappa shape index (κ1) is 32.1. The number of pyridine rings is 2. The van der Waals surface area contributed by atoms with Gasteiger partial charge in [-0.3, -0.25) is 9.78 Å². The summed E-state index contributed by atoms with van der Waals surface area (Å²) in [5, 5.41) is 2.77. The Bertz CT molecular complexity index is 1400. The minimum atomic E-state index is -4.85. The maximum absolute atomic E-state index is 15.1. The van der Waals surface area contributed by atoms with Crippen molar-refractivity contribution in [3.63, 3.8) is 0 Å². The van der Waals surface area contributed by atoms with E-state index in [1.165, 1.54) is 6.08 Å². The molecular formula is C27H25ClF4N4O3S2. The van der Waals surface area contributed by atoms with E-state index < -0.39 is 29.5 Å². The fourth-order valence-corrected chi connectivity index (χ4v) is 4.24. The summed E-state index contributed by atoms with van der Waals surface area (Å²) < 4.78 is 65.1. The fraction of sp³-hybridized carbons (Fsp3) is 0.296. The van der Waals surface area contributed by atoms with E-state index in [4.69, 9.17) is 45.5 Å². The molecule has 3 heterocycles. The molecular weight excluding hydrogens is 604 g/mol. The summed E-state index contributed by atoms with van der Waals surface area (Å²) in [6.07, 6.45) is 1.27. The monoisotopic (exact) mass is 628 g/mol. The van der Waals surface area contributed by atoms with Crippen molar-refractivity contribution in [1.29, 1.82) is 0 Å². The van der Waals surface area contributed by atoms with Gasteiger partial charge in [-0.25, -0.2) is 9.37 Å². The Kier molecular flexibility index (Phi) is 10.6. The molecule has 2 aromatic heterocycles. The number of alkyl halides is 4. The molecule has 1 aliphatic heterocycles. The number of hydrogen-bond donors (Lipinski definition) is 1. The molecule has 0 aromatic carbocycles. The van der Waals surface area contributed by atoms with Gasteiger partial charge in [-0.15, -0.1) is 0 Å². The molecule has 0 saturated heterocycles.